The van der Waals surface area contributed by atoms with Crippen LogP contribution in [0.25, 0.3) is 0 Å². The van der Waals surface area contributed by atoms with Gasteiger partial charge in [-0.2, -0.15) is 0 Å². The Morgan fingerprint density at radius 3 is 2.71 bits per heavy atom. The van der Waals surface area contributed by atoms with Crippen molar-refractivity contribution in [3.05, 3.63) is 64.7 Å². The quantitative estimate of drug-likeness (QED) is 0.319. The van der Waals surface area contributed by atoms with Gasteiger partial charge in [0.05, 0.1) is 13.8 Å². The fraction of sp³-hybridized carbons (Fsp3) is 0.304. The minimum atomic E-state index is 0.661. The van der Waals surface area contributed by atoms with E-state index in [0.29, 0.717) is 19.8 Å². The molecule has 0 aliphatic carbocycles. The number of fused-ring (bicyclic) bond motifs is 1. The van der Waals surface area contributed by atoms with Gasteiger partial charge in [-0.15, -0.1) is 0 Å². The lowest BCUT2D eigenvalue weighted by atomic mass is 10.2. The van der Waals surface area contributed by atoms with Crippen LogP contribution in [0.1, 0.15) is 24.5 Å². The maximum atomic E-state index is 6.39. The molecule has 0 fully saturated rings. The molecule has 0 radical (unpaired) electrons. The Hall–Kier alpha value is -2.64. The molecule has 2 aromatic carbocycles. The lowest BCUT2D eigenvalue weighted by Gasteiger charge is -2.18. The van der Waals surface area contributed by atoms with Crippen LogP contribution < -0.4 is 20.3 Å². The molecule has 0 amide bonds. The Labute approximate surface area is 192 Å². The van der Waals surface area contributed by atoms with Crippen molar-refractivity contribution in [2.45, 2.75) is 31.6 Å². The molecule has 1 aliphatic rings. The van der Waals surface area contributed by atoms with Gasteiger partial charge in [-0.1, -0.05) is 60.6 Å². The van der Waals surface area contributed by atoms with Crippen LogP contribution in [0.2, 0.25) is 5.02 Å². The van der Waals surface area contributed by atoms with E-state index in [0.717, 1.165) is 56.6 Å². The molecule has 4 rings (SSSR count). The van der Waals surface area contributed by atoms with Crippen molar-refractivity contribution in [3.63, 3.8) is 0 Å². The number of benzene rings is 2. The van der Waals surface area contributed by atoms with Gasteiger partial charge in [0.25, 0.3) is 0 Å². The number of hydrogen-bond acceptors (Lipinski definition) is 7. The lowest BCUT2D eigenvalue weighted by molar-refractivity contribution is 0.414. The maximum Gasteiger partial charge on any atom is 0.191 e. The van der Waals surface area contributed by atoms with E-state index in [4.69, 9.17) is 26.3 Å². The van der Waals surface area contributed by atoms with E-state index in [1.54, 1.807) is 18.9 Å². The van der Waals surface area contributed by atoms with Gasteiger partial charge in [-0.3, -0.25) is 0 Å². The summed E-state index contributed by atoms with van der Waals surface area (Å²) in [5.41, 5.74) is 3.16. The number of anilines is 3. The predicted molar refractivity (Wildman–Crippen MR) is 129 cm³/mol. The number of thioether (sulfide) groups is 1. The zero-order valence-corrected chi connectivity index (χ0v) is 19.3. The molecule has 1 aromatic heterocycles. The minimum absolute atomic E-state index is 0.661. The number of nitrogens with one attached hydrogen (secondary N) is 2. The van der Waals surface area contributed by atoms with Gasteiger partial charge in [-0.05, 0) is 35.7 Å². The van der Waals surface area contributed by atoms with E-state index < -0.39 is 0 Å². The highest BCUT2D eigenvalue weighted by atomic mass is 35.5. The number of hydrogen-bond donors (Lipinski definition) is 2. The SMILES string of the molecule is CCCSc1nc(NCc2ccc(OC)cc2)c2c(n1)N(Cc1ccccc1Cl)CN2. The lowest BCUT2D eigenvalue weighted by Crippen LogP contribution is -2.23. The molecule has 1 aliphatic heterocycles. The van der Waals surface area contributed by atoms with Crippen LogP contribution in [0.5, 0.6) is 5.75 Å². The second-order valence-corrected chi connectivity index (χ2v) is 8.70. The number of methoxy groups -OCH3 is 1. The van der Waals surface area contributed by atoms with Gasteiger partial charge >= 0.3 is 0 Å². The van der Waals surface area contributed by atoms with Crippen LogP contribution in [-0.2, 0) is 13.1 Å². The van der Waals surface area contributed by atoms with Gasteiger partial charge in [0.2, 0.25) is 0 Å². The van der Waals surface area contributed by atoms with Gasteiger partial charge in [0.15, 0.2) is 16.8 Å². The van der Waals surface area contributed by atoms with Crippen molar-refractivity contribution in [2.75, 3.05) is 35.1 Å². The van der Waals surface area contributed by atoms with Gasteiger partial charge in [-0.25, -0.2) is 9.97 Å². The molecular weight excluding hydrogens is 430 g/mol. The molecule has 162 valence electrons. The predicted octanol–water partition coefficient (Wildman–Crippen LogP) is 5.64. The van der Waals surface area contributed by atoms with Crippen molar-refractivity contribution in [3.8, 4) is 5.75 Å². The van der Waals surface area contributed by atoms with Crippen molar-refractivity contribution < 1.29 is 4.74 Å². The Morgan fingerprint density at radius 2 is 1.97 bits per heavy atom. The average Bonchev–Trinajstić information content (AvgIpc) is 3.20. The molecule has 2 heterocycles. The zero-order valence-electron chi connectivity index (χ0n) is 17.7. The van der Waals surface area contributed by atoms with E-state index >= 15 is 0 Å². The molecule has 31 heavy (non-hydrogen) atoms. The smallest absolute Gasteiger partial charge is 0.191 e. The topological polar surface area (TPSA) is 62.3 Å². The van der Waals surface area contributed by atoms with Gasteiger partial charge in [0, 0.05) is 23.9 Å². The first-order valence-electron chi connectivity index (χ1n) is 10.3. The van der Waals surface area contributed by atoms with Crippen LogP contribution in [0.15, 0.2) is 53.7 Å². The van der Waals surface area contributed by atoms with Crippen LogP contribution in [0, 0.1) is 0 Å². The summed E-state index contributed by atoms with van der Waals surface area (Å²) in [5.74, 6) is 3.56. The van der Waals surface area contributed by atoms with E-state index in [-0.39, 0.29) is 0 Å². The summed E-state index contributed by atoms with van der Waals surface area (Å²) >= 11 is 8.07. The third kappa shape index (κ3) is 5.17. The molecule has 0 saturated heterocycles. The summed E-state index contributed by atoms with van der Waals surface area (Å²) in [6, 6.07) is 16.0. The Kier molecular flexibility index (Phi) is 7.04. The molecule has 0 spiro atoms. The third-order valence-electron chi connectivity index (χ3n) is 4.99. The minimum Gasteiger partial charge on any atom is -0.497 e. The van der Waals surface area contributed by atoms with Crippen molar-refractivity contribution in [1.29, 1.82) is 0 Å². The first-order valence-corrected chi connectivity index (χ1v) is 11.7. The van der Waals surface area contributed by atoms with E-state index in [1.807, 2.05) is 30.3 Å². The van der Waals surface area contributed by atoms with Crippen LogP contribution in [0.4, 0.5) is 17.3 Å². The van der Waals surface area contributed by atoms with Crippen LogP contribution in [-0.4, -0.2) is 29.5 Å². The Balaban J connectivity index is 1.58. The Bertz CT molecular complexity index is 1030. The van der Waals surface area contributed by atoms with Gasteiger partial charge in [0.1, 0.15) is 11.4 Å². The monoisotopic (exact) mass is 455 g/mol. The van der Waals surface area contributed by atoms with E-state index in [2.05, 4.69) is 40.7 Å². The van der Waals surface area contributed by atoms with E-state index in [1.165, 1.54) is 0 Å². The highest BCUT2D eigenvalue weighted by Crippen LogP contribution is 2.38. The van der Waals surface area contributed by atoms with Crippen molar-refractivity contribution >= 4 is 40.7 Å². The zero-order chi connectivity index (χ0) is 21.6. The average molecular weight is 456 g/mol. The molecular formula is C23H26ClN5OS. The molecule has 0 atom stereocenters. The number of rotatable bonds is 9. The van der Waals surface area contributed by atoms with Crippen molar-refractivity contribution in [1.82, 2.24) is 9.97 Å². The second kappa shape index (κ2) is 10.1. The van der Waals surface area contributed by atoms with Crippen LogP contribution in [0.3, 0.4) is 0 Å². The second-order valence-electron chi connectivity index (χ2n) is 7.23. The summed E-state index contributed by atoms with van der Waals surface area (Å²) in [6.45, 7) is 4.17. The number of aromatic nitrogens is 2. The van der Waals surface area contributed by atoms with Crippen molar-refractivity contribution in [2.24, 2.45) is 0 Å². The number of nitrogens with zero attached hydrogens (tertiary/aromatic N) is 3. The third-order valence-corrected chi connectivity index (χ3v) is 6.41. The molecule has 0 unspecified atom stereocenters. The highest BCUT2D eigenvalue weighted by Gasteiger charge is 2.26. The largest absolute Gasteiger partial charge is 0.497 e. The molecule has 8 heteroatoms. The summed E-state index contributed by atoms with van der Waals surface area (Å²) in [5, 5.41) is 8.50. The van der Waals surface area contributed by atoms with Gasteiger partial charge < -0.3 is 20.3 Å². The highest BCUT2D eigenvalue weighted by molar-refractivity contribution is 7.99. The molecule has 3 aromatic rings. The fourth-order valence-corrected chi connectivity index (χ4v) is 4.24. The first-order chi connectivity index (χ1) is 15.2. The molecule has 2 N–H and O–H groups in total. The van der Waals surface area contributed by atoms with Crippen LogP contribution >= 0.6 is 23.4 Å². The maximum absolute atomic E-state index is 6.39. The summed E-state index contributed by atoms with van der Waals surface area (Å²) in [4.78, 5) is 11.8. The Morgan fingerprint density at radius 1 is 1.16 bits per heavy atom. The normalized spacial score (nSPS) is 12.4. The number of halogens is 1. The summed E-state index contributed by atoms with van der Waals surface area (Å²) < 4.78 is 5.25. The van der Waals surface area contributed by atoms with E-state index in [9.17, 15) is 0 Å². The summed E-state index contributed by atoms with van der Waals surface area (Å²) in [7, 11) is 1.67. The molecule has 6 nitrogen and oxygen atoms in total. The number of ether oxygens (including phenoxy) is 1. The summed E-state index contributed by atoms with van der Waals surface area (Å²) in [6.07, 6.45) is 1.07. The standard InChI is InChI=1S/C23H26ClN5OS/c1-3-12-31-23-27-21(25-13-16-8-10-18(30-2)11-9-16)20-22(28-23)29(15-26-20)14-17-6-4-5-7-19(17)24/h4-11,26H,3,12-15H2,1-2H3,(H,25,27,28). The molecule has 0 bridgehead atoms. The molecule has 0 saturated carbocycles. The first kappa shape index (κ1) is 21.6. The fourth-order valence-electron chi connectivity index (χ4n) is 3.35.